The predicted molar refractivity (Wildman–Crippen MR) is 114 cm³/mol. The molecule has 0 saturated carbocycles. The molecular weight excluding hydrogens is 404 g/mol. The molecule has 8 heteroatoms. The number of aryl methyl sites for hydroxylation is 1. The fourth-order valence-electron chi connectivity index (χ4n) is 3.55. The summed E-state index contributed by atoms with van der Waals surface area (Å²) in [6.45, 7) is 4.23. The number of esters is 1. The van der Waals surface area contributed by atoms with E-state index in [0.717, 1.165) is 5.56 Å². The molecule has 1 N–H and O–H groups in total. The standard InChI is InChI=1S/C22H26N2O5S/c1-15-7-9-18(10-8-15)30(27,28)24-13-11-17(12-14-24)21(25)23-20-6-4-5-19(16(20)2)22(26)29-3/h4-10,17H,11-14H2,1-3H3,(H,23,25). The third-order valence-corrected chi connectivity index (χ3v) is 7.39. The van der Waals surface area contributed by atoms with Crippen molar-refractivity contribution in [2.75, 3.05) is 25.5 Å². The molecular formula is C22H26N2O5S. The van der Waals surface area contributed by atoms with Crippen LogP contribution in [-0.4, -0.2) is 44.8 Å². The van der Waals surface area contributed by atoms with Gasteiger partial charge in [-0.25, -0.2) is 13.2 Å². The molecule has 0 unspecified atom stereocenters. The minimum Gasteiger partial charge on any atom is -0.465 e. The molecule has 7 nitrogen and oxygen atoms in total. The largest absolute Gasteiger partial charge is 0.465 e. The van der Waals surface area contributed by atoms with E-state index in [2.05, 4.69) is 5.32 Å². The first-order valence-electron chi connectivity index (χ1n) is 9.79. The van der Waals surface area contributed by atoms with Gasteiger partial charge < -0.3 is 10.1 Å². The van der Waals surface area contributed by atoms with Gasteiger partial charge >= 0.3 is 5.97 Å². The first kappa shape index (κ1) is 22.0. The summed E-state index contributed by atoms with van der Waals surface area (Å²) in [6, 6.07) is 11.8. The van der Waals surface area contributed by atoms with Gasteiger partial charge in [-0.3, -0.25) is 4.79 Å². The number of carbonyl (C=O) groups is 2. The summed E-state index contributed by atoms with van der Waals surface area (Å²) in [7, 11) is -2.25. The Hall–Kier alpha value is -2.71. The van der Waals surface area contributed by atoms with E-state index in [9.17, 15) is 18.0 Å². The number of nitrogens with zero attached hydrogens (tertiary/aromatic N) is 1. The van der Waals surface area contributed by atoms with Gasteiger partial charge in [-0.2, -0.15) is 4.31 Å². The zero-order chi connectivity index (χ0) is 21.9. The monoisotopic (exact) mass is 430 g/mol. The number of carbonyl (C=O) groups excluding carboxylic acids is 2. The maximum absolute atomic E-state index is 12.8. The summed E-state index contributed by atoms with van der Waals surface area (Å²) in [5.74, 6) is -0.929. The van der Waals surface area contributed by atoms with Crippen LogP contribution in [0.2, 0.25) is 0 Å². The summed E-state index contributed by atoms with van der Waals surface area (Å²) < 4.78 is 31.8. The highest BCUT2D eigenvalue weighted by atomic mass is 32.2. The SMILES string of the molecule is COC(=O)c1cccc(NC(=O)C2CCN(S(=O)(=O)c3ccc(C)cc3)CC2)c1C. The molecule has 1 fully saturated rings. The van der Waals surface area contributed by atoms with Gasteiger partial charge in [0.25, 0.3) is 0 Å². The fraction of sp³-hybridized carbons (Fsp3) is 0.364. The maximum Gasteiger partial charge on any atom is 0.338 e. The van der Waals surface area contributed by atoms with Crippen molar-refractivity contribution in [1.29, 1.82) is 0 Å². The smallest absolute Gasteiger partial charge is 0.338 e. The van der Waals surface area contributed by atoms with Gasteiger partial charge in [0, 0.05) is 24.7 Å². The van der Waals surface area contributed by atoms with E-state index >= 15 is 0 Å². The molecule has 0 aromatic heterocycles. The van der Waals surface area contributed by atoms with E-state index in [-0.39, 0.29) is 29.8 Å². The van der Waals surface area contributed by atoms with Crippen LogP contribution in [0.15, 0.2) is 47.4 Å². The minimum absolute atomic E-state index is 0.174. The van der Waals surface area contributed by atoms with Gasteiger partial charge in [0.2, 0.25) is 15.9 Å². The Morgan fingerprint density at radius 1 is 1.03 bits per heavy atom. The summed E-state index contributed by atoms with van der Waals surface area (Å²) >= 11 is 0. The third kappa shape index (κ3) is 4.55. The second-order valence-corrected chi connectivity index (χ2v) is 9.39. The van der Waals surface area contributed by atoms with Crippen LogP contribution in [0.25, 0.3) is 0 Å². The number of sulfonamides is 1. The molecule has 30 heavy (non-hydrogen) atoms. The molecule has 3 rings (SSSR count). The van der Waals surface area contributed by atoms with Gasteiger partial charge in [0.1, 0.15) is 0 Å². The average molecular weight is 431 g/mol. The van der Waals surface area contributed by atoms with E-state index in [4.69, 9.17) is 4.74 Å². The molecule has 160 valence electrons. The van der Waals surface area contributed by atoms with Gasteiger partial charge in [-0.15, -0.1) is 0 Å². The number of rotatable bonds is 5. The fourth-order valence-corrected chi connectivity index (χ4v) is 5.02. The molecule has 2 aromatic carbocycles. The second kappa shape index (κ2) is 8.97. The van der Waals surface area contributed by atoms with Crippen molar-refractivity contribution in [3.8, 4) is 0 Å². The number of anilines is 1. The van der Waals surface area contributed by atoms with Gasteiger partial charge in [-0.1, -0.05) is 23.8 Å². The Bertz CT molecular complexity index is 1040. The van der Waals surface area contributed by atoms with Crippen molar-refractivity contribution in [3.05, 3.63) is 59.2 Å². The summed E-state index contributed by atoms with van der Waals surface area (Å²) in [4.78, 5) is 24.9. The Kier molecular flexibility index (Phi) is 6.58. The Labute approximate surface area is 177 Å². The Morgan fingerprint density at radius 3 is 2.27 bits per heavy atom. The summed E-state index contributed by atoms with van der Waals surface area (Å²) in [6.07, 6.45) is 0.874. The van der Waals surface area contributed by atoms with E-state index in [1.807, 2.05) is 6.92 Å². The number of ether oxygens (including phenoxy) is 1. The quantitative estimate of drug-likeness (QED) is 0.736. The predicted octanol–water partition coefficient (Wildman–Crippen LogP) is 3.13. The lowest BCUT2D eigenvalue weighted by molar-refractivity contribution is -0.120. The molecule has 0 bridgehead atoms. The first-order valence-corrected chi connectivity index (χ1v) is 11.2. The molecule has 1 amide bonds. The molecule has 1 saturated heterocycles. The van der Waals surface area contributed by atoms with E-state index < -0.39 is 16.0 Å². The highest BCUT2D eigenvalue weighted by molar-refractivity contribution is 7.89. The molecule has 1 aliphatic heterocycles. The second-order valence-electron chi connectivity index (χ2n) is 7.45. The van der Waals surface area contributed by atoms with Crippen LogP contribution in [-0.2, 0) is 19.6 Å². The number of piperidine rings is 1. The number of hydrogen-bond donors (Lipinski definition) is 1. The Balaban J connectivity index is 1.65. The van der Waals surface area contributed by atoms with Crippen molar-refractivity contribution in [2.24, 2.45) is 5.92 Å². The lowest BCUT2D eigenvalue weighted by Crippen LogP contribution is -2.41. The highest BCUT2D eigenvalue weighted by Crippen LogP contribution is 2.26. The number of hydrogen-bond acceptors (Lipinski definition) is 5. The van der Waals surface area contributed by atoms with Crippen molar-refractivity contribution >= 4 is 27.6 Å². The number of amides is 1. The topological polar surface area (TPSA) is 92.8 Å². The molecule has 0 aliphatic carbocycles. The maximum atomic E-state index is 12.8. The van der Waals surface area contributed by atoms with Crippen LogP contribution >= 0.6 is 0 Å². The average Bonchev–Trinajstić information content (AvgIpc) is 2.75. The van der Waals surface area contributed by atoms with Crippen molar-refractivity contribution in [3.63, 3.8) is 0 Å². The zero-order valence-electron chi connectivity index (χ0n) is 17.3. The number of nitrogens with one attached hydrogen (secondary N) is 1. The van der Waals surface area contributed by atoms with Gasteiger partial charge in [0.05, 0.1) is 17.6 Å². The van der Waals surface area contributed by atoms with Crippen molar-refractivity contribution in [1.82, 2.24) is 4.31 Å². The normalized spacial score (nSPS) is 15.6. The highest BCUT2D eigenvalue weighted by Gasteiger charge is 2.32. The molecule has 1 heterocycles. The van der Waals surface area contributed by atoms with Crippen LogP contribution < -0.4 is 5.32 Å². The molecule has 0 radical (unpaired) electrons. The zero-order valence-corrected chi connectivity index (χ0v) is 18.2. The van der Waals surface area contributed by atoms with Gasteiger partial charge in [-0.05, 0) is 56.5 Å². The summed E-state index contributed by atoms with van der Waals surface area (Å²) in [5, 5.41) is 2.88. The third-order valence-electron chi connectivity index (χ3n) is 5.48. The van der Waals surface area contributed by atoms with E-state index in [1.54, 1.807) is 49.4 Å². The molecule has 0 spiro atoms. The van der Waals surface area contributed by atoms with Crippen molar-refractivity contribution < 1.29 is 22.7 Å². The number of benzene rings is 2. The van der Waals surface area contributed by atoms with Crippen LogP contribution in [0.1, 0.15) is 34.3 Å². The summed E-state index contributed by atoms with van der Waals surface area (Å²) in [5.41, 5.74) is 2.58. The minimum atomic E-state index is -3.56. The molecule has 2 aromatic rings. The van der Waals surface area contributed by atoms with Gasteiger partial charge in [0.15, 0.2) is 0 Å². The van der Waals surface area contributed by atoms with E-state index in [1.165, 1.54) is 11.4 Å². The lowest BCUT2D eigenvalue weighted by atomic mass is 9.96. The lowest BCUT2D eigenvalue weighted by Gasteiger charge is -2.30. The van der Waals surface area contributed by atoms with Crippen molar-refractivity contribution in [2.45, 2.75) is 31.6 Å². The Morgan fingerprint density at radius 2 is 1.67 bits per heavy atom. The van der Waals surface area contributed by atoms with Crippen LogP contribution in [0.3, 0.4) is 0 Å². The van der Waals surface area contributed by atoms with Crippen LogP contribution in [0.4, 0.5) is 5.69 Å². The molecule has 0 atom stereocenters. The first-order chi connectivity index (χ1) is 14.2. The van der Waals surface area contributed by atoms with Crippen LogP contribution in [0.5, 0.6) is 0 Å². The number of methoxy groups -OCH3 is 1. The van der Waals surface area contributed by atoms with E-state index in [0.29, 0.717) is 29.7 Å². The van der Waals surface area contributed by atoms with Crippen LogP contribution in [0, 0.1) is 19.8 Å². The molecule has 1 aliphatic rings.